The lowest BCUT2D eigenvalue weighted by atomic mass is 10.1. The molecule has 0 saturated carbocycles. The molecule has 1 aromatic rings. The van der Waals surface area contributed by atoms with Gasteiger partial charge in [0.2, 0.25) is 0 Å². The molecule has 1 N–H and O–H groups in total. The van der Waals surface area contributed by atoms with E-state index in [9.17, 15) is 0 Å². The Hall–Kier alpha value is -0.860. The summed E-state index contributed by atoms with van der Waals surface area (Å²) in [4.78, 5) is 2.31. The van der Waals surface area contributed by atoms with Gasteiger partial charge in [0, 0.05) is 19.3 Å². The van der Waals surface area contributed by atoms with Crippen molar-refractivity contribution in [2.45, 2.75) is 12.5 Å². The van der Waals surface area contributed by atoms with Crippen LogP contribution in [-0.2, 0) is 6.42 Å². The molecule has 2 nitrogen and oxygen atoms in total. The van der Waals surface area contributed by atoms with Crippen molar-refractivity contribution >= 4 is 0 Å². The molecule has 1 aliphatic rings. The Morgan fingerprint density at radius 3 is 2.77 bits per heavy atom. The quantitative estimate of drug-likeness (QED) is 0.725. The minimum atomic E-state index is 0.632. The van der Waals surface area contributed by atoms with Crippen molar-refractivity contribution in [3.63, 3.8) is 0 Å². The van der Waals surface area contributed by atoms with E-state index in [1.165, 1.54) is 5.56 Å². The first-order valence-electron chi connectivity index (χ1n) is 4.80. The summed E-state index contributed by atoms with van der Waals surface area (Å²) in [7, 11) is 2.15. The van der Waals surface area contributed by atoms with Crippen LogP contribution in [0.5, 0.6) is 0 Å². The zero-order valence-electron chi connectivity index (χ0n) is 8.03. The Kier molecular flexibility index (Phi) is 2.62. The molecule has 1 unspecified atom stereocenters. The van der Waals surface area contributed by atoms with Crippen molar-refractivity contribution in [3.8, 4) is 0 Å². The predicted molar refractivity (Wildman–Crippen MR) is 54.6 cm³/mol. The number of hydrogen-bond acceptors (Lipinski definition) is 2. The summed E-state index contributed by atoms with van der Waals surface area (Å²) in [6, 6.07) is 11.3. The lowest BCUT2D eigenvalue weighted by Crippen LogP contribution is -2.25. The molecule has 2 heteroatoms. The van der Waals surface area contributed by atoms with Crippen molar-refractivity contribution in [2.24, 2.45) is 0 Å². The maximum absolute atomic E-state index is 3.48. The molecule has 13 heavy (non-hydrogen) atoms. The van der Waals surface area contributed by atoms with Crippen LogP contribution in [0.2, 0.25) is 0 Å². The average molecular weight is 176 g/mol. The molecular formula is C11H16N2. The number of nitrogens with one attached hydrogen (secondary N) is 1. The third-order valence-corrected chi connectivity index (χ3v) is 2.51. The van der Waals surface area contributed by atoms with Gasteiger partial charge in [-0.15, -0.1) is 0 Å². The molecule has 1 heterocycles. The highest BCUT2D eigenvalue weighted by atomic mass is 15.3. The zero-order valence-corrected chi connectivity index (χ0v) is 8.03. The number of nitrogens with zero attached hydrogens (tertiary/aromatic N) is 1. The highest BCUT2D eigenvalue weighted by Crippen LogP contribution is 2.06. The van der Waals surface area contributed by atoms with Gasteiger partial charge in [-0.25, -0.2) is 0 Å². The van der Waals surface area contributed by atoms with Crippen molar-refractivity contribution < 1.29 is 0 Å². The summed E-state index contributed by atoms with van der Waals surface area (Å²) < 4.78 is 0. The normalized spacial score (nSPS) is 23.6. The molecule has 0 spiro atoms. The smallest absolute Gasteiger partial charge is 0.0480 e. The maximum Gasteiger partial charge on any atom is 0.0480 e. The molecule has 1 aliphatic heterocycles. The molecule has 0 aromatic heterocycles. The second-order valence-electron chi connectivity index (χ2n) is 3.79. The van der Waals surface area contributed by atoms with Gasteiger partial charge in [0.15, 0.2) is 0 Å². The van der Waals surface area contributed by atoms with Gasteiger partial charge in [0.25, 0.3) is 0 Å². The first-order valence-corrected chi connectivity index (χ1v) is 4.80. The summed E-state index contributed by atoms with van der Waals surface area (Å²) in [5.41, 5.74) is 1.43. The molecule has 2 rings (SSSR count). The van der Waals surface area contributed by atoms with E-state index < -0.39 is 0 Å². The summed E-state index contributed by atoms with van der Waals surface area (Å²) in [6.45, 7) is 2.19. The van der Waals surface area contributed by atoms with E-state index in [0.717, 1.165) is 19.6 Å². The molecular weight excluding hydrogens is 160 g/mol. The Balaban J connectivity index is 1.92. The Morgan fingerprint density at radius 2 is 2.15 bits per heavy atom. The lowest BCUT2D eigenvalue weighted by molar-refractivity contribution is 0.406. The number of benzene rings is 1. The highest BCUT2D eigenvalue weighted by Gasteiger charge is 2.17. The SMILES string of the molecule is CN1CNC(Cc2ccccc2)C1. The van der Waals surface area contributed by atoms with Crippen LogP contribution in [0.1, 0.15) is 5.56 Å². The van der Waals surface area contributed by atoms with Crippen LogP contribution < -0.4 is 5.32 Å². The first kappa shape index (κ1) is 8.73. The Labute approximate surface area is 79.6 Å². The van der Waals surface area contributed by atoms with Crippen LogP contribution in [-0.4, -0.2) is 31.2 Å². The minimum absolute atomic E-state index is 0.632. The molecule has 1 fully saturated rings. The van der Waals surface area contributed by atoms with Gasteiger partial charge in [-0.3, -0.25) is 10.2 Å². The molecule has 0 radical (unpaired) electrons. The van der Waals surface area contributed by atoms with Gasteiger partial charge >= 0.3 is 0 Å². The molecule has 0 amide bonds. The second-order valence-corrected chi connectivity index (χ2v) is 3.79. The van der Waals surface area contributed by atoms with E-state index in [1.807, 2.05) is 0 Å². The van der Waals surface area contributed by atoms with Crippen molar-refractivity contribution in [2.75, 3.05) is 20.3 Å². The molecule has 1 aromatic carbocycles. The monoisotopic (exact) mass is 176 g/mol. The van der Waals surface area contributed by atoms with Crippen LogP contribution in [0.3, 0.4) is 0 Å². The number of hydrogen-bond donors (Lipinski definition) is 1. The van der Waals surface area contributed by atoms with Crippen LogP contribution in [0.4, 0.5) is 0 Å². The fraction of sp³-hybridized carbons (Fsp3) is 0.455. The Morgan fingerprint density at radius 1 is 1.38 bits per heavy atom. The van der Waals surface area contributed by atoms with Crippen LogP contribution >= 0.6 is 0 Å². The lowest BCUT2D eigenvalue weighted by Gasteiger charge is -2.09. The zero-order chi connectivity index (χ0) is 9.10. The van der Waals surface area contributed by atoms with Crippen LogP contribution in [0, 0.1) is 0 Å². The second kappa shape index (κ2) is 3.90. The topological polar surface area (TPSA) is 15.3 Å². The maximum atomic E-state index is 3.48. The van der Waals surface area contributed by atoms with Gasteiger partial charge in [-0.1, -0.05) is 30.3 Å². The standard InChI is InChI=1S/C11H16N2/c1-13-8-11(12-9-13)7-10-5-3-2-4-6-10/h2-6,11-12H,7-9H2,1H3. The van der Waals surface area contributed by atoms with E-state index in [4.69, 9.17) is 0 Å². The fourth-order valence-electron chi connectivity index (χ4n) is 1.83. The van der Waals surface area contributed by atoms with E-state index in [0.29, 0.717) is 6.04 Å². The largest absolute Gasteiger partial charge is 0.300 e. The highest BCUT2D eigenvalue weighted by molar-refractivity contribution is 5.16. The van der Waals surface area contributed by atoms with Crippen LogP contribution in [0.15, 0.2) is 30.3 Å². The molecule has 0 bridgehead atoms. The summed E-state index contributed by atoms with van der Waals surface area (Å²) in [6.07, 6.45) is 1.14. The van der Waals surface area contributed by atoms with Gasteiger partial charge in [-0.2, -0.15) is 0 Å². The minimum Gasteiger partial charge on any atom is -0.300 e. The Bertz CT molecular complexity index is 258. The third kappa shape index (κ3) is 2.29. The van der Waals surface area contributed by atoms with E-state index >= 15 is 0 Å². The fourth-order valence-corrected chi connectivity index (χ4v) is 1.83. The first-order chi connectivity index (χ1) is 6.34. The van der Waals surface area contributed by atoms with Gasteiger partial charge in [0.1, 0.15) is 0 Å². The van der Waals surface area contributed by atoms with E-state index in [-0.39, 0.29) is 0 Å². The number of likely N-dealkylation sites (N-methyl/N-ethyl adjacent to an activating group) is 1. The number of rotatable bonds is 2. The summed E-state index contributed by atoms with van der Waals surface area (Å²) >= 11 is 0. The summed E-state index contributed by atoms with van der Waals surface area (Å²) in [5, 5.41) is 3.48. The van der Waals surface area contributed by atoms with E-state index in [2.05, 4.69) is 47.6 Å². The average Bonchev–Trinajstić information content (AvgIpc) is 2.53. The van der Waals surface area contributed by atoms with Gasteiger partial charge in [0.05, 0.1) is 0 Å². The predicted octanol–water partition coefficient (Wildman–Crippen LogP) is 1.09. The van der Waals surface area contributed by atoms with Gasteiger partial charge < -0.3 is 0 Å². The van der Waals surface area contributed by atoms with Gasteiger partial charge in [-0.05, 0) is 19.0 Å². The molecule has 1 atom stereocenters. The summed E-state index contributed by atoms with van der Waals surface area (Å²) in [5.74, 6) is 0. The van der Waals surface area contributed by atoms with Crippen molar-refractivity contribution in [1.29, 1.82) is 0 Å². The van der Waals surface area contributed by atoms with Crippen LogP contribution in [0.25, 0.3) is 0 Å². The van der Waals surface area contributed by atoms with Crippen molar-refractivity contribution in [1.82, 2.24) is 10.2 Å². The van der Waals surface area contributed by atoms with E-state index in [1.54, 1.807) is 0 Å². The molecule has 0 aliphatic carbocycles. The molecule has 1 saturated heterocycles. The van der Waals surface area contributed by atoms with Crippen molar-refractivity contribution in [3.05, 3.63) is 35.9 Å². The molecule has 70 valence electrons. The third-order valence-electron chi connectivity index (χ3n) is 2.51.